The monoisotopic (exact) mass is 489 g/mol. The van der Waals surface area contributed by atoms with E-state index in [9.17, 15) is 9.18 Å². The summed E-state index contributed by atoms with van der Waals surface area (Å²) in [5.41, 5.74) is 3.08. The fourth-order valence-corrected chi connectivity index (χ4v) is 4.21. The number of fused-ring (bicyclic) bond motifs is 1. The summed E-state index contributed by atoms with van der Waals surface area (Å²) < 4.78 is 21.3. The summed E-state index contributed by atoms with van der Waals surface area (Å²) in [6.45, 7) is 10.6. The quantitative estimate of drug-likeness (QED) is 0.526. The second kappa shape index (κ2) is 10.3. The first-order valence-corrected chi connectivity index (χ1v) is 11.2. The number of benzene rings is 2. The van der Waals surface area contributed by atoms with Crippen molar-refractivity contribution >= 4 is 39.0 Å². The number of piperazine rings is 1. The number of hydrogen-bond donors (Lipinski definition) is 1. The maximum atomic E-state index is 13.5. The molecule has 0 bridgehead atoms. The molecule has 0 unspecified atom stereocenters. The van der Waals surface area contributed by atoms with E-state index in [1.54, 1.807) is 12.1 Å². The van der Waals surface area contributed by atoms with Gasteiger partial charge in [0.05, 0.1) is 5.52 Å². The van der Waals surface area contributed by atoms with E-state index < -0.39 is 0 Å². The third kappa shape index (κ3) is 6.31. The summed E-state index contributed by atoms with van der Waals surface area (Å²) in [7, 11) is 0. The van der Waals surface area contributed by atoms with Crippen LogP contribution in [-0.2, 0) is 16.1 Å². The number of ether oxygens (including phenoxy) is 1. The number of carbonyl (C=O) groups is 1. The molecule has 1 aliphatic heterocycles. The highest BCUT2D eigenvalue weighted by molar-refractivity contribution is 9.10. The number of halogens is 2. The van der Waals surface area contributed by atoms with Crippen molar-refractivity contribution in [2.24, 2.45) is 0 Å². The van der Waals surface area contributed by atoms with Gasteiger partial charge in [-0.25, -0.2) is 4.39 Å². The molecule has 0 atom stereocenters. The van der Waals surface area contributed by atoms with Crippen LogP contribution < -0.4 is 10.2 Å². The maximum Gasteiger partial charge on any atom is 0.293 e. The number of aromatic nitrogens is 1. The molecule has 1 aromatic heterocycles. The van der Waals surface area contributed by atoms with Gasteiger partial charge in [0.2, 0.25) is 0 Å². The molecule has 31 heavy (non-hydrogen) atoms. The summed E-state index contributed by atoms with van der Waals surface area (Å²) in [5, 5.41) is 4.63. The summed E-state index contributed by atoms with van der Waals surface area (Å²) in [5.74, 6) is -0.190. The minimum Gasteiger partial charge on any atom is -0.462 e. The molecular formula is C24H29BrFN3O2. The number of nitrogens with one attached hydrogen (secondary N) is 1. The first-order valence-electron chi connectivity index (χ1n) is 10.4. The highest BCUT2D eigenvalue weighted by Gasteiger charge is 2.17. The zero-order valence-corrected chi connectivity index (χ0v) is 19.8. The first kappa shape index (κ1) is 23.3. The van der Waals surface area contributed by atoms with Crippen molar-refractivity contribution in [1.29, 1.82) is 0 Å². The Morgan fingerprint density at radius 3 is 2.48 bits per heavy atom. The second-order valence-electron chi connectivity index (χ2n) is 8.47. The number of hydrogen-bond acceptors (Lipinski definition) is 4. The number of carbonyl (C=O) groups excluding carboxylic acids is 1. The molecule has 3 aromatic rings. The zero-order chi connectivity index (χ0) is 22.4. The molecule has 4 rings (SSSR count). The van der Waals surface area contributed by atoms with Gasteiger partial charge in [0.1, 0.15) is 11.4 Å². The number of anilines is 1. The Hall–Kier alpha value is -2.38. The van der Waals surface area contributed by atoms with Crippen LogP contribution in [-0.4, -0.2) is 42.8 Å². The second-order valence-corrected chi connectivity index (χ2v) is 9.32. The molecule has 2 aromatic carbocycles. The smallest absolute Gasteiger partial charge is 0.293 e. The molecule has 0 aliphatic carbocycles. The van der Waals surface area contributed by atoms with Crippen molar-refractivity contribution in [2.75, 3.05) is 31.1 Å². The van der Waals surface area contributed by atoms with E-state index in [4.69, 9.17) is 0 Å². The van der Waals surface area contributed by atoms with Gasteiger partial charge in [-0.15, -0.1) is 0 Å². The molecule has 1 N–H and O–H groups in total. The molecular weight excluding hydrogens is 461 g/mol. The lowest BCUT2D eigenvalue weighted by molar-refractivity contribution is -0.138. The third-order valence-electron chi connectivity index (χ3n) is 4.94. The number of nitrogens with zero attached hydrogens (tertiary/aromatic N) is 2. The van der Waals surface area contributed by atoms with Gasteiger partial charge in [0.15, 0.2) is 0 Å². The minimum atomic E-state index is -0.318. The Kier molecular flexibility index (Phi) is 7.73. The molecule has 0 amide bonds. The van der Waals surface area contributed by atoms with Crippen LogP contribution in [0.2, 0.25) is 0 Å². The van der Waals surface area contributed by atoms with Crippen LogP contribution in [0, 0.1) is 5.82 Å². The first-order chi connectivity index (χ1) is 14.8. The van der Waals surface area contributed by atoms with Crippen LogP contribution in [0.25, 0.3) is 10.9 Å². The normalized spacial score (nSPS) is 14.2. The van der Waals surface area contributed by atoms with E-state index >= 15 is 0 Å². The maximum absolute atomic E-state index is 13.5. The summed E-state index contributed by atoms with van der Waals surface area (Å²) in [6.07, 6.45) is 2.10. The van der Waals surface area contributed by atoms with Crippen LogP contribution in [0.15, 0.2) is 53.1 Å². The van der Waals surface area contributed by atoms with E-state index in [1.165, 1.54) is 22.7 Å². The van der Waals surface area contributed by atoms with Crippen molar-refractivity contribution < 1.29 is 13.9 Å². The Morgan fingerprint density at radius 1 is 1.16 bits per heavy atom. The van der Waals surface area contributed by atoms with E-state index in [0.29, 0.717) is 13.0 Å². The van der Waals surface area contributed by atoms with Crippen molar-refractivity contribution in [3.63, 3.8) is 0 Å². The predicted molar refractivity (Wildman–Crippen MR) is 127 cm³/mol. The van der Waals surface area contributed by atoms with Crippen molar-refractivity contribution in [1.82, 2.24) is 9.88 Å². The van der Waals surface area contributed by atoms with Crippen molar-refractivity contribution in [2.45, 2.75) is 32.9 Å². The zero-order valence-electron chi connectivity index (χ0n) is 18.2. The van der Waals surface area contributed by atoms with Gasteiger partial charge in [-0.05, 0) is 66.5 Å². The van der Waals surface area contributed by atoms with Crippen LogP contribution in [0.4, 0.5) is 10.1 Å². The lowest BCUT2D eigenvalue weighted by atomic mass is 10.1. The fourth-order valence-electron chi connectivity index (χ4n) is 3.56. The lowest BCUT2D eigenvalue weighted by Crippen LogP contribution is -2.43. The molecule has 7 heteroatoms. The molecule has 0 spiro atoms. The molecule has 2 heterocycles. The van der Waals surface area contributed by atoms with Gasteiger partial charge in [-0.3, -0.25) is 4.79 Å². The molecule has 1 aliphatic rings. The molecule has 0 radical (unpaired) electrons. The van der Waals surface area contributed by atoms with Gasteiger partial charge in [-0.1, -0.05) is 18.2 Å². The Balaban J connectivity index is 0.000000339. The Labute approximate surface area is 191 Å². The largest absolute Gasteiger partial charge is 0.462 e. The summed E-state index contributed by atoms with van der Waals surface area (Å²) in [6, 6.07) is 13.2. The molecule has 0 saturated carbocycles. The highest BCUT2D eigenvalue weighted by atomic mass is 79.9. The third-order valence-corrected chi connectivity index (χ3v) is 5.54. The lowest BCUT2D eigenvalue weighted by Gasteiger charge is -2.30. The van der Waals surface area contributed by atoms with E-state index in [-0.39, 0.29) is 11.4 Å². The van der Waals surface area contributed by atoms with Crippen LogP contribution in [0.5, 0.6) is 0 Å². The van der Waals surface area contributed by atoms with Gasteiger partial charge >= 0.3 is 0 Å². The predicted octanol–water partition coefficient (Wildman–Crippen LogP) is 4.96. The molecule has 166 valence electrons. The van der Waals surface area contributed by atoms with Crippen LogP contribution in [0.3, 0.4) is 0 Å². The summed E-state index contributed by atoms with van der Waals surface area (Å²) in [4.78, 5) is 12.0. The minimum absolute atomic E-state index is 0.190. The molecule has 1 saturated heterocycles. The molecule has 5 nitrogen and oxygen atoms in total. The number of rotatable bonds is 4. The van der Waals surface area contributed by atoms with Gasteiger partial charge in [-0.2, -0.15) is 0 Å². The van der Waals surface area contributed by atoms with Crippen molar-refractivity contribution in [3.8, 4) is 0 Å². The Bertz CT molecular complexity index is 1020. The standard InChI is InChI=1S/C19H19BrFN3.C5H10O2/c20-16-13-24(12-14-3-1-4-15(21)11-14)18-6-2-5-17(19(16)18)23-9-7-22-8-10-23;1-5(2,3)7-4-6/h1-6,11,13,22H,7-10,12H2;4H,1-3H3. The average molecular weight is 490 g/mol. The fraction of sp³-hybridized carbons (Fsp3) is 0.375. The SMILES string of the molecule is CC(C)(C)OC=O.Fc1cccc(Cn2cc(Br)c3c(N4CCNCC4)cccc32)c1. The van der Waals surface area contributed by atoms with Crippen molar-refractivity contribution in [3.05, 3.63) is 64.5 Å². The Morgan fingerprint density at radius 2 is 1.87 bits per heavy atom. The van der Waals surface area contributed by atoms with E-state index in [2.05, 4.69) is 59.8 Å². The van der Waals surface area contributed by atoms with Gasteiger partial charge in [0, 0.05) is 54.5 Å². The van der Waals surface area contributed by atoms with Crippen LogP contribution >= 0.6 is 15.9 Å². The van der Waals surface area contributed by atoms with E-state index in [0.717, 1.165) is 36.2 Å². The van der Waals surface area contributed by atoms with Gasteiger partial charge < -0.3 is 19.5 Å². The topological polar surface area (TPSA) is 46.5 Å². The highest BCUT2D eigenvalue weighted by Crippen LogP contribution is 2.35. The van der Waals surface area contributed by atoms with Gasteiger partial charge in [0.25, 0.3) is 6.47 Å². The van der Waals surface area contributed by atoms with Crippen LogP contribution in [0.1, 0.15) is 26.3 Å². The molecule has 1 fully saturated rings. The summed E-state index contributed by atoms with van der Waals surface area (Å²) >= 11 is 3.73. The average Bonchev–Trinajstić information content (AvgIpc) is 3.04. The van der Waals surface area contributed by atoms with E-state index in [1.807, 2.05) is 26.8 Å².